The van der Waals surface area contributed by atoms with Crippen molar-refractivity contribution in [2.75, 3.05) is 0 Å². The molecule has 0 aliphatic carbocycles. The number of rotatable bonds is 2. The zero-order chi connectivity index (χ0) is 30.6. The van der Waals surface area contributed by atoms with Crippen molar-refractivity contribution in [3.63, 3.8) is 0 Å². The van der Waals surface area contributed by atoms with Crippen LogP contribution in [-0.2, 0) is 0 Å². The first-order chi connectivity index (χ1) is 21.9. The van der Waals surface area contributed by atoms with E-state index in [4.69, 9.17) is 6.85 Å². The highest BCUT2D eigenvalue weighted by atomic mass is 14.2. The van der Waals surface area contributed by atoms with Crippen LogP contribution >= 0.6 is 0 Å². The van der Waals surface area contributed by atoms with E-state index in [2.05, 4.69) is 84.9 Å². The van der Waals surface area contributed by atoms with E-state index in [1.807, 2.05) is 30.3 Å². The Kier molecular flexibility index (Phi) is 3.54. The summed E-state index contributed by atoms with van der Waals surface area (Å²) in [6.45, 7) is 0. The fourth-order valence-corrected chi connectivity index (χ4v) is 6.79. The average molecular weight is 510 g/mol. The van der Waals surface area contributed by atoms with Gasteiger partial charge in [0.25, 0.3) is 0 Å². The van der Waals surface area contributed by atoms with Gasteiger partial charge < -0.3 is 0 Å². The molecule has 9 aromatic carbocycles. The van der Waals surface area contributed by atoms with Gasteiger partial charge in [-0.3, -0.25) is 0 Å². The molecule has 0 aliphatic rings. The van der Waals surface area contributed by atoms with Gasteiger partial charge in [-0.05, 0) is 99.0 Å². The van der Waals surface area contributed by atoms with Crippen LogP contribution in [0.4, 0.5) is 0 Å². The second-order valence-electron chi connectivity index (χ2n) is 10.5. The van der Waals surface area contributed by atoms with E-state index in [0.717, 1.165) is 43.4 Å². The van der Waals surface area contributed by atoms with E-state index in [9.17, 15) is 0 Å². The lowest BCUT2D eigenvalue weighted by atomic mass is 9.83. The first-order valence-electron chi connectivity index (χ1n) is 16.0. The van der Waals surface area contributed by atoms with Crippen LogP contribution in [-0.4, -0.2) is 0 Å². The van der Waals surface area contributed by atoms with E-state index < -0.39 is 6.04 Å². The van der Waals surface area contributed by atoms with Crippen molar-refractivity contribution in [2.45, 2.75) is 0 Å². The van der Waals surface area contributed by atoms with Crippen molar-refractivity contribution in [3.05, 3.63) is 145 Å². The first kappa shape index (κ1) is 17.4. The molecule has 0 heterocycles. The maximum Gasteiger partial charge on any atom is 0.0629 e. The summed E-state index contributed by atoms with van der Waals surface area (Å²) in [6.07, 6.45) is 0. The molecule has 0 aliphatic heterocycles. The molecule has 0 radical (unpaired) electrons. The zero-order valence-electron chi connectivity index (χ0n) is 26.5. The second kappa shape index (κ2) is 8.15. The molecule has 0 atom stereocenters. The Morgan fingerprint density at radius 2 is 0.900 bits per heavy atom. The van der Waals surface area contributed by atoms with E-state index in [0.29, 0.717) is 5.56 Å². The smallest absolute Gasteiger partial charge is 0.0622 e. The summed E-state index contributed by atoms with van der Waals surface area (Å²) < 4.78 is 43.1. The van der Waals surface area contributed by atoms with Gasteiger partial charge in [0.1, 0.15) is 0 Å². The largest absolute Gasteiger partial charge is 0.0629 e. The van der Waals surface area contributed by atoms with Gasteiger partial charge in [0.15, 0.2) is 0 Å². The highest BCUT2D eigenvalue weighted by Gasteiger charge is 2.19. The zero-order valence-corrected chi connectivity index (χ0v) is 21.5. The van der Waals surface area contributed by atoms with Crippen LogP contribution in [0.3, 0.4) is 0 Å². The van der Waals surface area contributed by atoms with Crippen LogP contribution in [0.1, 0.15) is 6.85 Å². The maximum absolute atomic E-state index is 8.94. The van der Waals surface area contributed by atoms with Gasteiger partial charge in [-0.15, -0.1) is 0 Å². The van der Waals surface area contributed by atoms with Gasteiger partial charge >= 0.3 is 0 Å². The summed E-state index contributed by atoms with van der Waals surface area (Å²) in [6, 6.07) is 38.8. The van der Waals surface area contributed by atoms with Crippen molar-refractivity contribution in [3.8, 4) is 22.3 Å². The summed E-state index contributed by atoms with van der Waals surface area (Å²) in [5.41, 5.74) is 3.02. The number of fused-ring (bicyclic) bond motifs is 4. The minimum atomic E-state index is -0.390. The summed E-state index contributed by atoms with van der Waals surface area (Å²) in [5.74, 6) is 0. The lowest BCUT2D eigenvalue weighted by molar-refractivity contribution is 1.67. The molecule has 0 N–H and O–H groups in total. The number of benzene rings is 9. The molecule has 0 heteroatoms. The van der Waals surface area contributed by atoms with Gasteiger partial charge in [0.2, 0.25) is 0 Å². The van der Waals surface area contributed by atoms with Gasteiger partial charge in [0.05, 0.1) is 6.85 Å². The monoisotopic (exact) mass is 509 g/mol. The normalized spacial score (nSPS) is 13.8. The quantitative estimate of drug-likeness (QED) is 0.161. The molecule has 0 amide bonds. The third-order valence-corrected chi connectivity index (χ3v) is 8.42. The molecule has 0 aromatic heterocycles. The Balaban J connectivity index is 1.51. The molecule has 9 aromatic rings. The van der Waals surface area contributed by atoms with E-state index in [-0.39, 0.29) is 29.7 Å². The Labute approximate surface area is 239 Å². The lowest BCUT2D eigenvalue weighted by Crippen LogP contribution is -1.93. The average Bonchev–Trinajstić information content (AvgIpc) is 3.08. The molecule has 0 fully saturated rings. The van der Waals surface area contributed by atoms with Crippen LogP contribution in [0.25, 0.3) is 86.9 Å². The Bertz CT molecular complexity index is 2610. The molecule has 0 nitrogen and oxygen atoms in total. The maximum atomic E-state index is 8.94. The lowest BCUT2D eigenvalue weighted by Gasteiger charge is -2.20. The molecular weight excluding hydrogens is 480 g/mol. The molecular formula is C40H24. The van der Waals surface area contributed by atoms with Crippen LogP contribution in [0, 0.1) is 0 Å². The van der Waals surface area contributed by atoms with Crippen molar-refractivity contribution in [1.82, 2.24) is 0 Å². The highest BCUT2D eigenvalue weighted by molar-refractivity contribution is 6.29. The minimum Gasteiger partial charge on any atom is -0.0622 e. The Morgan fingerprint density at radius 3 is 1.62 bits per heavy atom. The molecule has 0 saturated heterocycles. The van der Waals surface area contributed by atoms with Crippen LogP contribution in [0.15, 0.2) is 145 Å². The Hall–Kier alpha value is -5.20. The predicted molar refractivity (Wildman–Crippen MR) is 174 cm³/mol. The van der Waals surface area contributed by atoms with Gasteiger partial charge in [-0.25, -0.2) is 0 Å². The molecule has 184 valence electrons. The molecule has 0 spiro atoms. The van der Waals surface area contributed by atoms with E-state index in [1.54, 1.807) is 0 Å². The summed E-state index contributed by atoms with van der Waals surface area (Å²) in [5, 5.41) is 13.1. The van der Waals surface area contributed by atoms with E-state index in [1.165, 1.54) is 32.3 Å². The van der Waals surface area contributed by atoms with Crippen molar-refractivity contribution >= 4 is 64.6 Å². The topological polar surface area (TPSA) is 0 Å². The highest BCUT2D eigenvalue weighted by Crippen LogP contribution is 2.47. The van der Waals surface area contributed by atoms with Crippen molar-refractivity contribution < 1.29 is 6.85 Å². The molecule has 0 unspecified atom stereocenters. The van der Waals surface area contributed by atoms with Gasteiger partial charge in [-0.1, -0.05) is 133 Å². The van der Waals surface area contributed by atoms with Crippen LogP contribution in [0.2, 0.25) is 0 Å². The van der Waals surface area contributed by atoms with Crippen LogP contribution < -0.4 is 0 Å². The van der Waals surface area contributed by atoms with Crippen molar-refractivity contribution in [1.29, 1.82) is 0 Å². The third kappa shape index (κ3) is 2.96. The summed E-state index contributed by atoms with van der Waals surface area (Å²) >= 11 is 0. The first-order valence-corrected chi connectivity index (χ1v) is 13.5. The SMILES string of the molecule is [2H]c1c([2H])c([2H])c(-c2c3ccccc3c(-c3cc4ccc5cccc6ccc(c3)c4c56)c3c2ccc2ccccc23)c([2H])c1[2H]. The molecule has 40 heavy (non-hydrogen) atoms. The summed E-state index contributed by atoms with van der Waals surface area (Å²) in [4.78, 5) is 0. The molecule has 0 bridgehead atoms. The Morgan fingerprint density at radius 1 is 0.350 bits per heavy atom. The van der Waals surface area contributed by atoms with Gasteiger partial charge in [-0.2, -0.15) is 0 Å². The summed E-state index contributed by atoms with van der Waals surface area (Å²) in [7, 11) is 0. The third-order valence-electron chi connectivity index (χ3n) is 8.42. The fourth-order valence-electron chi connectivity index (χ4n) is 6.79. The molecule has 9 rings (SSSR count). The standard InChI is InChI=1S/C40H24/c1-2-10-26(11-3-1)38-33-15-6-7-16-34(33)39(40-32-14-5-4-9-25(32)21-22-35(38)40)31-23-29-19-17-27-12-8-13-28-18-20-30(24-31)37(29)36(27)28/h1-24H/i1D,2D,3D,10D,11D. The predicted octanol–water partition coefficient (Wildman–Crippen LogP) is 11.4. The fraction of sp³-hybridized carbons (Fsp3) is 0. The number of hydrogen-bond acceptors (Lipinski definition) is 0. The van der Waals surface area contributed by atoms with Gasteiger partial charge in [0, 0.05) is 0 Å². The minimum absolute atomic E-state index is 0.198. The second-order valence-corrected chi connectivity index (χ2v) is 10.5. The number of hydrogen-bond donors (Lipinski definition) is 0. The van der Waals surface area contributed by atoms with E-state index >= 15 is 0 Å². The van der Waals surface area contributed by atoms with Crippen LogP contribution in [0.5, 0.6) is 0 Å². The van der Waals surface area contributed by atoms with Crippen molar-refractivity contribution in [2.24, 2.45) is 0 Å². The molecule has 0 saturated carbocycles.